The first-order chi connectivity index (χ1) is 4.04. The summed E-state index contributed by atoms with van der Waals surface area (Å²) in [7, 11) is 0. The molecule has 1 atom stereocenters. The van der Waals surface area contributed by atoms with Crippen LogP contribution in [-0.4, -0.2) is 27.4 Å². The number of carboxylic acids is 2. The largest absolute Gasteiger partial charge is 0.481 e. The zero-order valence-corrected chi connectivity index (χ0v) is 7.57. The van der Waals surface area contributed by atoms with E-state index in [-0.39, 0.29) is 20.1 Å². The summed E-state index contributed by atoms with van der Waals surface area (Å²) in [6.07, 6.45) is -0.446. The van der Waals surface area contributed by atoms with Gasteiger partial charge in [-0.05, 0) is 0 Å². The number of carboxylic acid groups (broad SMARTS) is 2. The zero-order chi connectivity index (χ0) is 7.44. The van der Waals surface area contributed by atoms with Crippen LogP contribution in [-0.2, 0) is 29.7 Å². The van der Waals surface area contributed by atoms with Crippen molar-refractivity contribution < 1.29 is 39.9 Å². The first-order valence-corrected chi connectivity index (χ1v) is 2.68. The van der Waals surface area contributed by atoms with Gasteiger partial charge in [-0.2, -0.15) is 12.6 Å². The molecule has 0 aromatic heterocycles. The minimum atomic E-state index is -1.21. The summed E-state index contributed by atoms with van der Waals surface area (Å²) >= 11 is 3.48. The maximum absolute atomic E-state index is 9.90. The number of aliphatic carboxylic acids is 2. The molecule has 6 heteroatoms. The Bertz CT molecular complexity index is 137. The number of hydrogen-bond donors (Lipinski definition) is 3. The zero-order valence-electron chi connectivity index (χ0n) is 4.82. The molecule has 0 aliphatic carbocycles. The fourth-order valence-corrected chi connectivity index (χ4v) is 0.409. The van der Waals surface area contributed by atoms with Crippen LogP contribution in [0.2, 0.25) is 0 Å². The van der Waals surface area contributed by atoms with E-state index in [2.05, 4.69) is 12.6 Å². The second kappa shape index (κ2) is 5.70. The van der Waals surface area contributed by atoms with E-state index in [1.54, 1.807) is 0 Å². The van der Waals surface area contributed by atoms with E-state index in [4.69, 9.17) is 10.2 Å². The van der Waals surface area contributed by atoms with E-state index < -0.39 is 23.6 Å². The van der Waals surface area contributed by atoms with Gasteiger partial charge in [0.1, 0.15) is 5.25 Å². The third-order valence-electron chi connectivity index (χ3n) is 0.653. The third-order valence-corrected chi connectivity index (χ3v) is 1.06. The maximum Gasteiger partial charge on any atom is 0.316 e. The summed E-state index contributed by atoms with van der Waals surface area (Å²) in [5, 5.41) is 15.0. The Morgan fingerprint density at radius 3 is 1.90 bits per heavy atom. The first-order valence-electron chi connectivity index (χ1n) is 2.16. The molecule has 59 valence electrons. The number of rotatable bonds is 3. The molecule has 0 heterocycles. The Balaban J connectivity index is 0. The van der Waals surface area contributed by atoms with Crippen molar-refractivity contribution in [1.29, 1.82) is 0 Å². The smallest absolute Gasteiger partial charge is 0.316 e. The van der Waals surface area contributed by atoms with E-state index in [1.165, 1.54) is 0 Å². The summed E-state index contributed by atoms with van der Waals surface area (Å²) < 4.78 is 0. The van der Waals surface area contributed by atoms with Crippen LogP contribution in [0.1, 0.15) is 6.42 Å². The number of thiol groups is 1. The van der Waals surface area contributed by atoms with Gasteiger partial charge >= 0.3 is 11.9 Å². The quantitative estimate of drug-likeness (QED) is 0.607. The molecule has 0 amide bonds. The van der Waals surface area contributed by atoms with Crippen molar-refractivity contribution >= 4 is 24.6 Å². The van der Waals surface area contributed by atoms with Crippen LogP contribution in [0.15, 0.2) is 0 Å². The predicted molar refractivity (Wildman–Crippen MR) is 32.7 cm³/mol. The van der Waals surface area contributed by atoms with E-state index in [0.29, 0.717) is 0 Å². The standard InChI is InChI=1S/C4H6O4S.Tc/c5-3(6)1-2(9)4(7)8;/h2,9H,1H2,(H,5,6)(H,7,8);/i;1+1. The summed E-state index contributed by atoms with van der Waals surface area (Å²) in [4.78, 5) is 19.7. The SMILES string of the molecule is O=C(O)CC(S)C(=O)O.[99Tc]. The topological polar surface area (TPSA) is 74.6 Å². The van der Waals surface area contributed by atoms with Crippen molar-refractivity contribution in [3.8, 4) is 0 Å². The molecule has 4 nitrogen and oxygen atoms in total. The second-order valence-electron chi connectivity index (χ2n) is 1.45. The average Bonchev–Trinajstić information content (AvgIpc) is 1.63. The molecule has 0 saturated heterocycles. The van der Waals surface area contributed by atoms with Crippen LogP contribution in [0.4, 0.5) is 0 Å². The van der Waals surface area contributed by atoms with E-state index in [1.807, 2.05) is 0 Å². The number of hydrogen-bond acceptors (Lipinski definition) is 3. The second-order valence-corrected chi connectivity index (χ2v) is 2.08. The van der Waals surface area contributed by atoms with Crippen LogP contribution < -0.4 is 0 Å². The minimum Gasteiger partial charge on any atom is -0.481 e. The predicted octanol–water partition coefficient (Wildman–Crippen LogP) is -0.158. The van der Waals surface area contributed by atoms with Gasteiger partial charge in [-0.25, -0.2) is 0 Å². The van der Waals surface area contributed by atoms with Crippen molar-refractivity contribution in [2.24, 2.45) is 0 Å². The van der Waals surface area contributed by atoms with Gasteiger partial charge in [0, 0.05) is 20.1 Å². The van der Waals surface area contributed by atoms with Gasteiger partial charge in [0.2, 0.25) is 0 Å². The average molecular weight is 249 g/mol. The molecular formula is C4H6O4STc. The van der Waals surface area contributed by atoms with Crippen LogP contribution in [0.3, 0.4) is 0 Å². The van der Waals surface area contributed by atoms with Gasteiger partial charge in [-0.15, -0.1) is 0 Å². The van der Waals surface area contributed by atoms with Crippen molar-refractivity contribution in [2.75, 3.05) is 0 Å². The normalized spacial score (nSPS) is 11.3. The van der Waals surface area contributed by atoms with Gasteiger partial charge in [0.25, 0.3) is 0 Å². The fraction of sp³-hybridized carbons (Fsp3) is 0.500. The maximum atomic E-state index is 9.90. The molecular weight excluding hydrogens is 243 g/mol. The van der Waals surface area contributed by atoms with E-state index >= 15 is 0 Å². The Kier molecular flexibility index (Phi) is 7.19. The summed E-state index contributed by atoms with van der Waals surface area (Å²) in [6.45, 7) is 0. The van der Waals surface area contributed by atoms with Gasteiger partial charge in [0.15, 0.2) is 0 Å². The van der Waals surface area contributed by atoms with Crippen LogP contribution >= 0.6 is 12.6 Å². The fourth-order valence-electron chi connectivity index (χ4n) is 0.253. The molecule has 0 spiro atoms. The Morgan fingerprint density at radius 1 is 1.40 bits per heavy atom. The molecule has 1 unspecified atom stereocenters. The Morgan fingerprint density at radius 2 is 1.80 bits per heavy atom. The van der Waals surface area contributed by atoms with Gasteiger partial charge < -0.3 is 10.2 Å². The molecule has 0 aliphatic heterocycles. The van der Waals surface area contributed by atoms with Crippen molar-refractivity contribution in [2.45, 2.75) is 11.7 Å². The van der Waals surface area contributed by atoms with E-state index in [9.17, 15) is 9.59 Å². The van der Waals surface area contributed by atoms with Gasteiger partial charge in [-0.1, -0.05) is 0 Å². The van der Waals surface area contributed by atoms with Crippen LogP contribution in [0.25, 0.3) is 0 Å². The molecule has 2 N–H and O–H groups in total. The van der Waals surface area contributed by atoms with Crippen LogP contribution in [0, 0.1) is 0 Å². The summed E-state index contributed by atoms with van der Waals surface area (Å²) in [5.41, 5.74) is 0. The van der Waals surface area contributed by atoms with Crippen molar-refractivity contribution in [3.05, 3.63) is 0 Å². The van der Waals surface area contributed by atoms with Crippen molar-refractivity contribution in [1.82, 2.24) is 0 Å². The molecule has 0 rings (SSSR count). The molecule has 0 aliphatic rings. The molecule has 0 bridgehead atoms. The molecule has 10 heavy (non-hydrogen) atoms. The molecule has 1 radical (unpaired) electrons. The van der Waals surface area contributed by atoms with Crippen molar-refractivity contribution in [3.63, 3.8) is 0 Å². The number of carbonyl (C=O) groups is 2. The molecule has 0 aromatic rings. The van der Waals surface area contributed by atoms with E-state index in [0.717, 1.165) is 0 Å². The monoisotopic (exact) mass is 249 g/mol. The molecule has 0 fully saturated rings. The minimum absolute atomic E-state index is 0. The Hall–Kier alpha value is -0.0606. The molecule has 0 aromatic carbocycles. The van der Waals surface area contributed by atoms with Gasteiger partial charge in [0.05, 0.1) is 6.42 Å². The Labute approximate surface area is 76.4 Å². The third kappa shape index (κ3) is 6.07. The first kappa shape index (κ1) is 12.6. The summed E-state index contributed by atoms with van der Waals surface area (Å²) in [6, 6.07) is 0. The van der Waals surface area contributed by atoms with Gasteiger partial charge in [-0.3, -0.25) is 9.59 Å². The summed E-state index contributed by atoms with van der Waals surface area (Å²) in [5.74, 6) is -2.36. The molecule has 0 saturated carbocycles. The van der Waals surface area contributed by atoms with Crippen LogP contribution in [0.5, 0.6) is 0 Å².